The Labute approximate surface area is 195 Å². The summed E-state index contributed by atoms with van der Waals surface area (Å²) in [6.07, 6.45) is 8.40. The number of hydrogen-bond acceptors (Lipinski definition) is 2. The first kappa shape index (κ1) is 22.5. The predicted octanol–water partition coefficient (Wildman–Crippen LogP) is 6.03. The lowest BCUT2D eigenvalue weighted by Crippen LogP contribution is -2.28. The highest BCUT2D eigenvalue weighted by molar-refractivity contribution is 6.07. The number of fused-ring (bicyclic) bond motifs is 3. The van der Waals surface area contributed by atoms with Crippen LogP contribution in [-0.4, -0.2) is 42.0 Å². The predicted molar refractivity (Wildman–Crippen MR) is 138 cm³/mol. The fourth-order valence-electron chi connectivity index (χ4n) is 4.68. The fourth-order valence-corrected chi connectivity index (χ4v) is 4.68. The Kier molecular flexibility index (Phi) is 6.19. The van der Waals surface area contributed by atoms with Gasteiger partial charge in [0.2, 0.25) is 5.69 Å². The van der Waals surface area contributed by atoms with Crippen molar-refractivity contribution in [3.63, 3.8) is 0 Å². The van der Waals surface area contributed by atoms with Crippen molar-refractivity contribution in [1.82, 2.24) is 0 Å². The topological polar surface area (TPSA) is 43.5 Å². The van der Waals surface area contributed by atoms with Gasteiger partial charge in [0.15, 0.2) is 12.3 Å². The summed E-state index contributed by atoms with van der Waals surface area (Å²) in [6, 6.07) is 21.1. The first-order valence-electron chi connectivity index (χ1n) is 11.3. The van der Waals surface area contributed by atoms with Crippen molar-refractivity contribution in [2.24, 2.45) is 0 Å². The summed E-state index contributed by atoms with van der Waals surface area (Å²) >= 11 is 0. The summed E-state index contributed by atoms with van der Waals surface area (Å²) in [7, 11) is 4.07. The van der Waals surface area contributed by atoms with E-state index in [1.54, 1.807) is 0 Å². The fraction of sp³-hybridized carbons (Fsp3) is 0.241. The molecule has 0 saturated carbocycles. The molecule has 0 atom stereocenters. The zero-order chi connectivity index (χ0) is 23.6. The van der Waals surface area contributed by atoms with Crippen LogP contribution in [0.5, 0.6) is 0 Å². The molecule has 0 amide bonds. The van der Waals surface area contributed by atoms with Crippen LogP contribution in [0.3, 0.4) is 0 Å². The Balaban J connectivity index is 1.69. The number of carboxylic acids is 1. The Morgan fingerprint density at radius 3 is 2.36 bits per heavy atom. The van der Waals surface area contributed by atoms with Crippen LogP contribution >= 0.6 is 0 Å². The number of anilines is 1. The van der Waals surface area contributed by atoms with Gasteiger partial charge in [-0.05, 0) is 48.4 Å². The molecular formula is C29H31N2O2+. The first-order valence-corrected chi connectivity index (χ1v) is 11.3. The smallest absolute Gasteiger partial charge is 0.309 e. The standard InChI is InChI=1S/C29H30N2O2/c1-29(2)26(12-8-5-9-21-13-16-23(17-14-21)30(3)4)31(20-19-27(32)33)25-18-15-22-10-6-7-11-24(22)28(25)29/h5-18H,19-20H2,1-4H3/p+1. The van der Waals surface area contributed by atoms with Crippen molar-refractivity contribution < 1.29 is 14.5 Å². The molecule has 0 saturated heterocycles. The summed E-state index contributed by atoms with van der Waals surface area (Å²) in [5, 5.41) is 11.8. The highest BCUT2D eigenvalue weighted by atomic mass is 16.4. The van der Waals surface area contributed by atoms with E-state index in [4.69, 9.17) is 0 Å². The van der Waals surface area contributed by atoms with Crippen LogP contribution in [0.25, 0.3) is 16.8 Å². The highest BCUT2D eigenvalue weighted by Crippen LogP contribution is 2.44. The van der Waals surface area contributed by atoms with Gasteiger partial charge in [0.25, 0.3) is 0 Å². The number of benzene rings is 3. The third-order valence-electron chi connectivity index (χ3n) is 6.37. The largest absolute Gasteiger partial charge is 0.481 e. The summed E-state index contributed by atoms with van der Waals surface area (Å²) in [6.45, 7) is 4.89. The van der Waals surface area contributed by atoms with E-state index in [-0.39, 0.29) is 11.8 Å². The van der Waals surface area contributed by atoms with Crippen molar-refractivity contribution in [1.29, 1.82) is 0 Å². The molecule has 0 bridgehead atoms. The number of nitrogens with zero attached hydrogens (tertiary/aromatic N) is 2. The number of carboxylic acid groups (broad SMARTS) is 1. The molecule has 3 aromatic carbocycles. The van der Waals surface area contributed by atoms with Crippen molar-refractivity contribution in [3.05, 3.63) is 90.0 Å². The van der Waals surface area contributed by atoms with E-state index in [2.05, 4.69) is 102 Å². The maximum absolute atomic E-state index is 11.4. The monoisotopic (exact) mass is 439 g/mol. The van der Waals surface area contributed by atoms with Crippen molar-refractivity contribution in [3.8, 4) is 0 Å². The van der Waals surface area contributed by atoms with Crippen molar-refractivity contribution >= 4 is 39.9 Å². The van der Waals surface area contributed by atoms with Gasteiger partial charge < -0.3 is 10.0 Å². The van der Waals surface area contributed by atoms with Crippen LogP contribution < -0.4 is 4.90 Å². The van der Waals surface area contributed by atoms with Gasteiger partial charge in [-0.25, -0.2) is 0 Å². The minimum atomic E-state index is -0.786. The first-order chi connectivity index (χ1) is 15.8. The lowest BCUT2D eigenvalue weighted by Gasteiger charge is -2.17. The number of allylic oxidation sites excluding steroid dienone is 3. The quantitative estimate of drug-likeness (QED) is 0.361. The molecule has 1 N–H and O–H groups in total. The molecule has 1 heterocycles. The van der Waals surface area contributed by atoms with E-state index < -0.39 is 5.97 Å². The summed E-state index contributed by atoms with van der Waals surface area (Å²) in [5.41, 5.74) is 5.54. The van der Waals surface area contributed by atoms with Gasteiger partial charge in [-0.2, -0.15) is 4.58 Å². The molecule has 3 aromatic rings. The van der Waals surface area contributed by atoms with Crippen LogP contribution in [0, 0.1) is 0 Å². The van der Waals surface area contributed by atoms with E-state index in [0.717, 1.165) is 17.0 Å². The molecule has 1 aliphatic heterocycles. The van der Waals surface area contributed by atoms with Gasteiger partial charge >= 0.3 is 5.97 Å². The van der Waals surface area contributed by atoms with E-state index in [1.165, 1.54) is 22.0 Å². The Hall–Kier alpha value is -3.66. The molecule has 4 rings (SSSR count). The molecule has 4 nitrogen and oxygen atoms in total. The van der Waals surface area contributed by atoms with E-state index in [9.17, 15) is 9.90 Å². The third kappa shape index (κ3) is 4.47. The Morgan fingerprint density at radius 2 is 1.67 bits per heavy atom. The summed E-state index contributed by atoms with van der Waals surface area (Å²) < 4.78 is 2.17. The van der Waals surface area contributed by atoms with E-state index in [0.29, 0.717) is 6.54 Å². The van der Waals surface area contributed by atoms with Crippen molar-refractivity contribution in [2.75, 3.05) is 25.5 Å². The zero-order valence-electron chi connectivity index (χ0n) is 19.7. The molecular weight excluding hydrogens is 408 g/mol. The van der Waals surface area contributed by atoms with Gasteiger partial charge in [-0.15, -0.1) is 0 Å². The number of rotatable bonds is 7. The molecule has 33 heavy (non-hydrogen) atoms. The molecule has 0 spiro atoms. The molecule has 0 aliphatic carbocycles. The van der Waals surface area contributed by atoms with Gasteiger partial charge in [-0.1, -0.05) is 54.6 Å². The number of hydrogen-bond donors (Lipinski definition) is 1. The summed E-state index contributed by atoms with van der Waals surface area (Å²) in [4.78, 5) is 13.4. The molecule has 0 unspecified atom stereocenters. The van der Waals surface area contributed by atoms with Gasteiger partial charge in [0, 0.05) is 37.5 Å². The average Bonchev–Trinajstić information content (AvgIpc) is 3.01. The molecule has 4 heteroatoms. The molecule has 0 fully saturated rings. The second kappa shape index (κ2) is 9.07. The van der Waals surface area contributed by atoms with Gasteiger partial charge in [0.05, 0.1) is 5.41 Å². The van der Waals surface area contributed by atoms with E-state index in [1.807, 2.05) is 20.2 Å². The normalized spacial score (nSPS) is 15.0. The lowest BCUT2D eigenvalue weighted by molar-refractivity contribution is -0.436. The molecule has 168 valence electrons. The van der Waals surface area contributed by atoms with Crippen molar-refractivity contribution in [2.45, 2.75) is 25.7 Å². The van der Waals surface area contributed by atoms with Crippen LogP contribution in [-0.2, 0) is 10.2 Å². The molecule has 0 radical (unpaired) electrons. The molecule has 1 aliphatic rings. The van der Waals surface area contributed by atoms with E-state index >= 15 is 0 Å². The zero-order valence-corrected chi connectivity index (χ0v) is 19.7. The van der Waals surface area contributed by atoms with Gasteiger partial charge in [-0.3, -0.25) is 4.79 Å². The highest BCUT2D eigenvalue weighted by Gasteiger charge is 2.45. The minimum absolute atomic E-state index is 0.0910. The van der Waals surface area contributed by atoms with Gasteiger partial charge in [0.1, 0.15) is 6.42 Å². The Bertz CT molecular complexity index is 1280. The van der Waals surface area contributed by atoms with Crippen LogP contribution in [0.4, 0.5) is 11.4 Å². The average molecular weight is 440 g/mol. The maximum Gasteiger partial charge on any atom is 0.309 e. The SMILES string of the molecule is CN(C)c1ccc(/C=C/C=C/C2=[N+](CCC(=O)O)c3ccc4ccccc4c3C2(C)C)cc1. The lowest BCUT2D eigenvalue weighted by atomic mass is 9.79. The minimum Gasteiger partial charge on any atom is -0.481 e. The third-order valence-corrected chi connectivity index (χ3v) is 6.37. The second-order valence-electron chi connectivity index (χ2n) is 9.19. The van der Waals surface area contributed by atoms with Crippen LogP contribution in [0.2, 0.25) is 0 Å². The van der Waals surface area contributed by atoms with Crippen LogP contribution in [0.1, 0.15) is 31.4 Å². The second-order valence-corrected chi connectivity index (χ2v) is 9.19. The number of carbonyl (C=O) groups is 1. The number of aliphatic carboxylic acids is 1. The maximum atomic E-state index is 11.4. The Morgan fingerprint density at radius 1 is 0.970 bits per heavy atom. The van der Waals surface area contributed by atoms with Crippen LogP contribution in [0.15, 0.2) is 78.9 Å². The summed E-state index contributed by atoms with van der Waals surface area (Å²) in [5.74, 6) is -0.786. The molecule has 0 aromatic heterocycles.